The van der Waals surface area contributed by atoms with Gasteiger partial charge in [0.25, 0.3) is 0 Å². The summed E-state index contributed by atoms with van der Waals surface area (Å²) < 4.78 is 0. The van der Waals surface area contributed by atoms with E-state index in [0.717, 1.165) is 44.3 Å². The summed E-state index contributed by atoms with van der Waals surface area (Å²) in [6, 6.07) is 10.1. The summed E-state index contributed by atoms with van der Waals surface area (Å²) in [5.41, 5.74) is 1.04. The highest BCUT2D eigenvalue weighted by molar-refractivity contribution is 5.23. The molecular formula is C14H19NO. The van der Waals surface area contributed by atoms with Crippen molar-refractivity contribution in [2.45, 2.75) is 31.3 Å². The molecule has 0 bridgehead atoms. The molecule has 0 aromatic heterocycles. The van der Waals surface area contributed by atoms with E-state index in [9.17, 15) is 5.11 Å². The van der Waals surface area contributed by atoms with Gasteiger partial charge in [-0.25, -0.2) is 0 Å². The summed E-state index contributed by atoms with van der Waals surface area (Å²) in [4.78, 5) is 0. The Bertz CT molecular complexity index is 360. The van der Waals surface area contributed by atoms with Crippen molar-refractivity contribution in [3.05, 3.63) is 35.9 Å². The molecule has 1 aromatic carbocycles. The molecule has 0 unspecified atom stereocenters. The molecule has 1 aliphatic carbocycles. The summed E-state index contributed by atoms with van der Waals surface area (Å²) in [5.74, 6) is 0. The summed E-state index contributed by atoms with van der Waals surface area (Å²) in [7, 11) is 0. The number of rotatable bonds is 1. The molecule has 2 aliphatic rings. The van der Waals surface area contributed by atoms with Crippen LogP contribution < -0.4 is 5.32 Å². The molecular weight excluding hydrogens is 198 g/mol. The Labute approximate surface area is 96.7 Å². The minimum Gasteiger partial charge on any atom is -0.385 e. The fraction of sp³-hybridized carbons (Fsp3) is 0.571. The minimum atomic E-state index is -0.567. The van der Waals surface area contributed by atoms with E-state index in [1.54, 1.807) is 0 Å². The number of nitrogens with one attached hydrogen (secondary N) is 1. The first-order chi connectivity index (χ1) is 7.73. The Kier molecular flexibility index (Phi) is 2.30. The Hall–Kier alpha value is -0.860. The van der Waals surface area contributed by atoms with Crippen LogP contribution in [0.25, 0.3) is 0 Å². The average molecular weight is 217 g/mol. The van der Waals surface area contributed by atoms with Gasteiger partial charge in [0.1, 0.15) is 0 Å². The summed E-state index contributed by atoms with van der Waals surface area (Å²) in [6.07, 6.45) is 4.15. The topological polar surface area (TPSA) is 32.3 Å². The molecule has 3 rings (SSSR count). The molecule has 2 N–H and O–H groups in total. The Morgan fingerprint density at radius 1 is 0.938 bits per heavy atom. The SMILES string of the molecule is OC1(c2ccccc2)CCC2(CC1)CNC2. The van der Waals surface area contributed by atoms with Crippen LogP contribution in [0.15, 0.2) is 30.3 Å². The number of benzene rings is 1. The molecule has 2 fully saturated rings. The van der Waals surface area contributed by atoms with E-state index in [-0.39, 0.29) is 0 Å². The molecule has 2 heteroatoms. The molecule has 1 aliphatic heterocycles. The van der Waals surface area contributed by atoms with Gasteiger partial charge < -0.3 is 10.4 Å². The lowest BCUT2D eigenvalue weighted by atomic mass is 9.64. The van der Waals surface area contributed by atoms with Crippen LogP contribution in [0.5, 0.6) is 0 Å². The highest BCUT2D eigenvalue weighted by Crippen LogP contribution is 2.47. The third-order valence-corrected chi connectivity index (χ3v) is 4.45. The Balaban J connectivity index is 1.76. The van der Waals surface area contributed by atoms with E-state index in [0.29, 0.717) is 5.41 Å². The highest BCUT2D eigenvalue weighted by atomic mass is 16.3. The van der Waals surface area contributed by atoms with Crippen LogP contribution in [0.3, 0.4) is 0 Å². The molecule has 1 aromatic rings. The smallest absolute Gasteiger partial charge is 0.0897 e. The van der Waals surface area contributed by atoms with Gasteiger partial charge in [-0.15, -0.1) is 0 Å². The summed E-state index contributed by atoms with van der Waals surface area (Å²) >= 11 is 0. The third kappa shape index (κ3) is 1.57. The predicted octanol–water partition coefficient (Wildman–Crippen LogP) is 2.04. The van der Waals surface area contributed by atoms with E-state index in [1.165, 1.54) is 0 Å². The van der Waals surface area contributed by atoms with Crippen molar-refractivity contribution in [2.24, 2.45) is 5.41 Å². The zero-order valence-corrected chi connectivity index (χ0v) is 9.58. The van der Waals surface area contributed by atoms with Crippen molar-refractivity contribution < 1.29 is 5.11 Å². The van der Waals surface area contributed by atoms with Crippen molar-refractivity contribution in [1.82, 2.24) is 5.32 Å². The van der Waals surface area contributed by atoms with Crippen LogP contribution in [0.1, 0.15) is 31.2 Å². The van der Waals surface area contributed by atoms with E-state index in [1.807, 2.05) is 18.2 Å². The Morgan fingerprint density at radius 3 is 2.06 bits per heavy atom. The lowest BCUT2D eigenvalue weighted by Crippen LogP contribution is -2.56. The normalized spacial score (nSPS) is 26.3. The van der Waals surface area contributed by atoms with Crippen LogP contribution in [0.2, 0.25) is 0 Å². The molecule has 0 radical (unpaired) electrons. The Morgan fingerprint density at radius 2 is 1.56 bits per heavy atom. The quantitative estimate of drug-likeness (QED) is 0.754. The van der Waals surface area contributed by atoms with Crippen molar-refractivity contribution >= 4 is 0 Å². The first-order valence-electron chi connectivity index (χ1n) is 6.21. The summed E-state index contributed by atoms with van der Waals surface area (Å²) in [5, 5.41) is 14.0. The lowest BCUT2D eigenvalue weighted by Gasteiger charge is -2.50. The van der Waals surface area contributed by atoms with Crippen LogP contribution in [0.4, 0.5) is 0 Å². The van der Waals surface area contributed by atoms with E-state index >= 15 is 0 Å². The molecule has 0 amide bonds. The van der Waals surface area contributed by atoms with Crippen LogP contribution in [-0.4, -0.2) is 18.2 Å². The van der Waals surface area contributed by atoms with E-state index in [2.05, 4.69) is 17.4 Å². The molecule has 16 heavy (non-hydrogen) atoms. The van der Waals surface area contributed by atoms with Gasteiger partial charge in [0, 0.05) is 13.1 Å². The predicted molar refractivity (Wildman–Crippen MR) is 64.1 cm³/mol. The largest absolute Gasteiger partial charge is 0.385 e. The number of hydrogen-bond acceptors (Lipinski definition) is 2. The third-order valence-electron chi connectivity index (χ3n) is 4.45. The van der Waals surface area contributed by atoms with Gasteiger partial charge in [-0.2, -0.15) is 0 Å². The molecule has 86 valence electrons. The van der Waals surface area contributed by atoms with Gasteiger partial charge in [0.15, 0.2) is 0 Å². The first kappa shape index (κ1) is 10.3. The van der Waals surface area contributed by atoms with Crippen molar-refractivity contribution in [3.8, 4) is 0 Å². The second-order valence-corrected chi connectivity index (χ2v) is 5.50. The number of aliphatic hydroxyl groups is 1. The summed E-state index contributed by atoms with van der Waals surface area (Å²) in [6.45, 7) is 2.30. The van der Waals surface area contributed by atoms with Gasteiger partial charge in [0.05, 0.1) is 5.60 Å². The second kappa shape index (κ2) is 3.57. The maximum absolute atomic E-state index is 10.7. The molecule has 1 heterocycles. The van der Waals surface area contributed by atoms with Gasteiger partial charge in [0.2, 0.25) is 0 Å². The maximum atomic E-state index is 10.7. The maximum Gasteiger partial charge on any atom is 0.0897 e. The average Bonchev–Trinajstić information content (AvgIpc) is 2.29. The second-order valence-electron chi connectivity index (χ2n) is 5.50. The van der Waals surface area contributed by atoms with Gasteiger partial charge >= 0.3 is 0 Å². The fourth-order valence-corrected chi connectivity index (χ4v) is 3.06. The van der Waals surface area contributed by atoms with Crippen LogP contribution in [-0.2, 0) is 5.60 Å². The molecule has 2 nitrogen and oxygen atoms in total. The molecule has 1 spiro atoms. The lowest BCUT2D eigenvalue weighted by molar-refractivity contribution is -0.0535. The highest BCUT2D eigenvalue weighted by Gasteiger charge is 2.45. The van der Waals surface area contributed by atoms with Crippen LogP contribution in [0, 0.1) is 5.41 Å². The zero-order chi connectivity index (χ0) is 11.1. The van der Waals surface area contributed by atoms with E-state index < -0.39 is 5.60 Å². The van der Waals surface area contributed by atoms with Gasteiger partial charge in [-0.05, 0) is 36.7 Å². The van der Waals surface area contributed by atoms with Crippen molar-refractivity contribution in [3.63, 3.8) is 0 Å². The minimum absolute atomic E-state index is 0.515. The van der Waals surface area contributed by atoms with Crippen molar-refractivity contribution in [2.75, 3.05) is 13.1 Å². The van der Waals surface area contributed by atoms with E-state index in [4.69, 9.17) is 0 Å². The van der Waals surface area contributed by atoms with Gasteiger partial charge in [-0.1, -0.05) is 30.3 Å². The monoisotopic (exact) mass is 217 g/mol. The molecule has 1 saturated heterocycles. The standard InChI is InChI=1S/C14H19NO/c16-14(12-4-2-1-3-5-12)8-6-13(7-9-14)10-15-11-13/h1-5,15-16H,6-11H2. The fourth-order valence-electron chi connectivity index (χ4n) is 3.06. The zero-order valence-electron chi connectivity index (χ0n) is 9.58. The van der Waals surface area contributed by atoms with Crippen LogP contribution >= 0.6 is 0 Å². The first-order valence-corrected chi connectivity index (χ1v) is 6.21. The number of hydrogen-bond donors (Lipinski definition) is 2. The molecule has 0 atom stereocenters. The van der Waals surface area contributed by atoms with Gasteiger partial charge in [-0.3, -0.25) is 0 Å². The molecule has 1 saturated carbocycles. The van der Waals surface area contributed by atoms with Crippen molar-refractivity contribution in [1.29, 1.82) is 0 Å².